The van der Waals surface area contributed by atoms with Crippen molar-refractivity contribution >= 4 is 49.2 Å². The fourth-order valence-electron chi connectivity index (χ4n) is 3.91. The number of benzene rings is 2. The van der Waals surface area contributed by atoms with Crippen LogP contribution < -0.4 is 11.1 Å². The number of anilines is 3. The largest absolute Gasteiger partial charge is 0.383 e. The van der Waals surface area contributed by atoms with Gasteiger partial charge in [-0.1, -0.05) is 0 Å². The van der Waals surface area contributed by atoms with Gasteiger partial charge in [0, 0.05) is 17.2 Å². The highest BCUT2D eigenvalue weighted by Crippen LogP contribution is 2.37. The second-order valence-corrected chi connectivity index (χ2v) is 11.4. The fourth-order valence-corrected chi connectivity index (χ4v) is 4.55. The van der Waals surface area contributed by atoms with Gasteiger partial charge in [0.05, 0.1) is 27.7 Å². The van der Waals surface area contributed by atoms with Crippen molar-refractivity contribution in [3.63, 3.8) is 0 Å². The van der Waals surface area contributed by atoms with Crippen LogP contribution in [0.15, 0.2) is 41.4 Å². The highest BCUT2D eigenvalue weighted by Gasteiger charge is 2.26. The molecule has 0 radical (unpaired) electrons. The first-order chi connectivity index (χ1) is 16.8. The van der Waals surface area contributed by atoms with Crippen LogP contribution in [0, 0.1) is 11.6 Å². The molecule has 3 aromatic heterocycles. The summed E-state index contributed by atoms with van der Waals surface area (Å²) < 4.78 is 54.0. The average Bonchev–Trinajstić information content (AvgIpc) is 3.41. The van der Waals surface area contributed by atoms with Crippen molar-refractivity contribution in [3.8, 4) is 11.3 Å². The molecule has 0 atom stereocenters. The van der Waals surface area contributed by atoms with E-state index in [0.29, 0.717) is 27.7 Å². The Balaban J connectivity index is 1.69. The van der Waals surface area contributed by atoms with Gasteiger partial charge in [-0.15, -0.1) is 0 Å². The van der Waals surface area contributed by atoms with E-state index in [4.69, 9.17) is 10.8 Å². The summed E-state index contributed by atoms with van der Waals surface area (Å²) >= 11 is 0. The van der Waals surface area contributed by atoms with Gasteiger partial charge in [0.15, 0.2) is 15.5 Å². The molecule has 0 aliphatic rings. The zero-order valence-corrected chi connectivity index (χ0v) is 20.6. The molecule has 13 heteroatoms. The molecule has 186 valence electrons. The number of nitrogens with one attached hydrogen (secondary N) is 2. The Hall–Kier alpha value is -4.13. The smallest absolute Gasteiger partial charge is 0.231 e. The van der Waals surface area contributed by atoms with Crippen LogP contribution in [-0.2, 0) is 15.4 Å². The lowest BCUT2D eigenvalue weighted by atomic mass is 10.0. The number of halogens is 2. The van der Waals surface area contributed by atoms with Crippen LogP contribution in [-0.4, -0.2) is 44.6 Å². The van der Waals surface area contributed by atoms with Crippen LogP contribution in [0.4, 0.5) is 26.2 Å². The molecule has 0 spiro atoms. The van der Waals surface area contributed by atoms with Crippen molar-refractivity contribution in [2.24, 2.45) is 0 Å². The summed E-state index contributed by atoms with van der Waals surface area (Å²) in [5, 5.41) is 15.1. The summed E-state index contributed by atoms with van der Waals surface area (Å²) in [5.74, 6) is -1.18. The summed E-state index contributed by atoms with van der Waals surface area (Å²) in [6, 6.07) is 6.39. The van der Waals surface area contributed by atoms with E-state index in [1.165, 1.54) is 24.4 Å². The van der Waals surface area contributed by atoms with E-state index >= 15 is 0 Å². The maximum absolute atomic E-state index is 14.7. The van der Waals surface area contributed by atoms with Gasteiger partial charge in [-0.2, -0.15) is 20.2 Å². The first-order valence-corrected chi connectivity index (χ1v) is 12.7. The minimum absolute atomic E-state index is 0.00415. The maximum Gasteiger partial charge on any atom is 0.231 e. The number of H-pyrrole nitrogens is 1. The topological polar surface area (TPSA) is 144 Å². The third-order valence-corrected chi connectivity index (χ3v) is 6.74. The molecule has 4 N–H and O–H groups in total. The molecule has 0 saturated heterocycles. The molecule has 0 aliphatic heterocycles. The number of hydrogen-bond acceptors (Lipinski definition) is 8. The zero-order valence-electron chi connectivity index (χ0n) is 19.8. The summed E-state index contributed by atoms with van der Waals surface area (Å²) in [6.45, 7) is 5.78. The highest BCUT2D eigenvalue weighted by atomic mass is 32.2. The first kappa shape index (κ1) is 23.6. The molecule has 10 nitrogen and oxygen atoms in total. The highest BCUT2D eigenvalue weighted by molar-refractivity contribution is 7.90. The van der Waals surface area contributed by atoms with Crippen LogP contribution in [0.25, 0.3) is 33.2 Å². The Morgan fingerprint density at radius 1 is 1.08 bits per heavy atom. The number of nitrogens with zero attached hydrogens (tertiary/aromatic N) is 5. The monoisotopic (exact) mass is 512 g/mol. The number of nitrogens with two attached hydrogens (primary N) is 1. The molecule has 0 bridgehead atoms. The molecule has 0 amide bonds. The number of rotatable bonds is 4. The SMILES string of the molecule is CC(C)(C)n1nc(-c2ccc(F)c3[nH]ncc23)c2c(N)nc(Nc3ccc(S(C)(=O)=O)cc3F)nc21. The molecule has 0 unspecified atom stereocenters. The minimum Gasteiger partial charge on any atom is -0.383 e. The van der Waals surface area contributed by atoms with Crippen molar-refractivity contribution in [1.82, 2.24) is 29.9 Å². The maximum atomic E-state index is 14.7. The Labute approximate surface area is 204 Å². The van der Waals surface area contributed by atoms with Crippen molar-refractivity contribution < 1.29 is 17.2 Å². The number of hydrogen-bond donors (Lipinski definition) is 3. The Morgan fingerprint density at radius 2 is 1.83 bits per heavy atom. The lowest BCUT2D eigenvalue weighted by Crippen LogP contribution is -2.23. The molecule has 0 fully saturated rings. The third-order valence-electron chi connectivity index (χ3n) is 5.63. The summed E-state index contributed by atoms with van der Waals surface area (Å²) in [6.07, 6.45) is 2.50. The minimum atomic E-state index is -3.57. The molecule has 36 heavy (non-hydrogen) atoms. The number of aromatic nitrogens is 6. The molecule has 0 saturated carbocycles. The van der Waals surface area contributed by atoms with Crippen molar-refractivity contribution in [2.75, 3.05) is 17.3 Å². The molecule has 5 aromatic rings. The van der Waals surface area contributed by atoms with Gasteiger partial charge in [-0.3, -0.25) is 5.10 Å². The zero-order chi connectivity index (χ0) is 26.0. The normalized spacial score (nSPS) is 12.5. The number of fused-ring (bicyclic) bond motifs is 2. The van der Waals surface area contributed by atoms with E-state index in [9.17, 15) is 17.2 Å². The van der Waals surface area contributed by atoms with E-state index in [1.54, 1.807) is 10.7 Å². The molecule has 2 aromatic carbocycles. The van der Waals surface area contributed by atoms with Crippen LogP contribution in [0.2, 0.25) is 0 Å². The van der Waals surface area contributed by atoms with E-state index in [0.717, 1.165) is 12.3 Å². The van der Waals surface area contributed by atoms with E-state index < -0.39 is 27.0 Å². The molecular formula is C23H22F2N8O2S. The number of sulfone groups is 1. The third kappa shape index (κ3) is 3.90. The predicted molar refractivity (Wildman–Crippen MR) is 133 cm³/mol. The van der Waals surface area contributed by atoms with Gasteiger partial charge in [0.2, 0.25) is 5.95 Å². The second-order valence-electron chi connectivity index (χ2n) is 9.35. The van der Waals surface area contributed by atoms with Crippen LogP contribution in [0.5, 0.6) is 0 Å². The molecule has 3 heterocycles. The van der Waals surface area contributed by atoms with Gasteiger partial charge in [-0.05, 0) is 51.1 Å². The van der Waals surface area contributed by atoms with Crippen molar-refractivity contribution in [1.29, 1.82) is 0 Å². The Morgan fingerprint density at radius 3 is 2.50 bits per heavy atom. The van der Waals surface area contributed by atoms with Gasteiger partial charge >= 0.3 is 0 Å². The number of aromatic amines is 1. The average molecular weight is 513 g/mol. The predicted octanol–water partition coefficient (Wildman–Crippen LogP) is 4.13. The first-order valence-electron chi connectivity index (χ1n) is 10.8. The molecular weight excluding hydrogens is 490 g/mol. The van der Waals surface area contributed by atoms with Gasteiger partial charge in [0.25, 0.3) is 0 Å². The van der Waals surface area contributed by atoms with Gasteiger partial charge in [-0.25, -0.2) is 21.9 Å². The summed E-state index contributed by atoms with van der Waals surface area (Å²) in [4.78, 5) is 8.70. The standard InChI is InChI=1S/C23H22F2N8O2S/c1-23(2,3)33-21-17(19(32-33)12-6-7-14(24)18-13(12)10-27-31-18)20(26)29-22(30-21)28-16-8-5-11(9-15(16)25)36(4,34)35/h5-10H,1-4H3,(H,27,31)(H3,26,28,29,30). The Bertz CT molecular complexity index is 1770. The fraction of sp³-hybridized carbons (Fsp3) is 0.217. The quantitative estimate of drug-likeness (QED) is 0.326. The second kappa shape index (κ2) is 7.95. The lowest BCUT2D eigenvalue weighted by molar-refractivity contribution is 0.367. The van der Waals surface area contributed by atoms with Crippen LogP contribution >= 0.6 is 0 Å². The molecule has 5 rings (SSSR count). The van der Waals surface area contributed by atoms with Gasteiger partial charge in [0.1, 0.15) is 28.7 Å². The van der Waals surface area contributed by atoms with Gasteiger partial charge < -0.3 is 11.1 Å². The van der Waals surface area contributed by atoms with E-state index in [-0.39, 0.29) is 27.9 Å². The number of nitrogen functional groups attached to an aromatic ring is 1. The van der Waals surface area contributed by atoms with Crippen LogP contribution in [0.1, 0.15) is 20.8 Å². The molecule has 0 aliphatic carbocycles. The van der Waals surface area contributed by atoms with E-state index in [2.05, 4.69) is 25.5 Å². The van der Waals surface area contributed by atoms with Crippen LogP contribution in [0.3, 0.4) is 0 Å². The lowest BCUT2D eigenvalue weighted by Gasteiger charge is -2.20. The van der Waals surface area contributed by atoms with Crippen molar-refractivity contribution in [2.45, 2.75) is 31.2 Å². The Kier molecular flexibility index (Phi) is 5.21. The van der Waals surface area contributed by atoms with Crippen molar-refractivity contribution in [3.05, 3.63) is 48.2 Å². The summed E-state index contributed by atoms with van der Waals surface area (Å²) in [5.41, 5.74) is 7.44. The van der Waals surface area contributed by atoms with E-state index in [1.807, 2.05) is 20.8 Å². The summed E-state index contributed by atoms with van der Waals surface area (Å²) in [7, 11) is -3.57.